The lowest BCUT2D eigenvalue weighted by molar-refractivity contribution is 0.600. The van der Waals surface area contributed by atoms with E-state index in [0.29, 0.717) is 11.3 Å². The SMILES string of the molecule is CN(c1cccc(C#N)c1)S(C)(=O)=O. The van der Waals surface area contributed by atoms with Crippen molar-refractivity contribution >= 4 is 15.7 Å². The highest BCUT2D eigenvalue weighted by atomic mass is 32.2. The summed E-state index contributed by atoms with van der Waals surface area (Å²) < 4.78 is 23.5. The molecule has 74 valence electrons. The number of hydrogen-bond acceptors (Lipinski definition) is 3. The first kappa shape index (κ1) is 10.5. The summed E-state index contributed by atoms with van der Waals surface area (Å²) in [5.74, 6) is 0. The lowest BCUT2D eigenvalue weighted by Crippen LogP contribution is -2.24. The highest BCUT2D eigenvalue weighted by molar-refractivity contribution is 7.92. The smallest absolute Gasteiger partial charge is 0.231 e. The molecular formula is C9H10N2O2S. The van der Waals surface area contributed by atoms with Crippen LogP contribution in [0, 0.1) is 11.3 Å². The van der Waals surface area contributed by atoms with Crippen LogP contribution in [-0.4, -0.2) is 21.7 Å². The summed E-state index contributed by atoms with van der Waals surface area (Å²) in [6.07, 6.45) is 1.12. The van der Waals surface area contributed by atoms with Gasteiger partial charge < -0.3 is 0 Å². The molecule has 1 aromatic rings. The third-order valence-corrected chi connectivity index (χ3v) is 3.04. The van der Waals surface area contributed by atoms with E-state index < -0.39 is 10.0 Å². The summed E-state index contributed by atoms with van der Waals surface area (Å²) >= 11 is 0. The number of nitriles is 1. The molecule has 0 saturated heterocycles. The topological polar surface area (TPSA) is 61.2 Å². The van der Waals surface area contributed by atoms with Crippen LogP contribution in [0.4, 0.5) is 5.69 Å². The summed E-state index contributed by atoms with van der Waals surface area (Å²) in [5, 5.41) is 8.63. The largest absolute Gasteiger partial charge is 0.273 e. The number of rotatable bonds is 2. The fraction of sp³-hybridized carbons (Fsp3) is 0.222. The highest BCUT2D eigenvalue weighted by Crippen LogP contribution is 2.16. The fourth-order valence-corrected chi connectivity index (χ4v) is 1.46. The molecule has 5 heteroatoms. The van der Waals surface area contributed by atoms with Crippen molar-refractivity contribution < 1.29 is 8.42 Å². The second-order valence-corrected chi connectivity index (χ2v) is 4.91. The first-order chi connectivity index (χ1) is 6.45. The molecule has 14 heavy (non-hydrogen) atoms. The van der Waals surface area contributed by atoms with E-state index in [0.717, 1.165) is 10.6 Å². The molecule has 0 atom stereocenters. The molecule has 0 amide bonds. The van der Waals surface area contributed by atoms with Gasteiger partial charge in [0, 0.05) is 7.05 Å². The van der Waals surface area contributed by atoms with Crippen molar-refractivity contribution in [2.45, 2.75) is 0 Å². The molecule has 0 fully saturated rings. The molecule has 0 saturated carbocycles. The lowest BCUT2D eigenvalue weighted by atomic mass is 10.2. The second-order valence-electron chi connectivity index (χ2n) is 2.89. The van der Waals surface area contributed by atoms with Gasteiger partial charge in [-0.25, -0.2) is 8.42 Å². The van der Waals surface area contributed by atoms with E-state index in [1.54, 1.807) is 18.2 Å². The van der Waals surface area contributed by atoms with Crippen LogP contribution in [0.2, 0.25) is 0 Å². The van der Waals surface area contributed by atoms with Gasteiger partial charge in [-0.05, 0) is 18.2 Å². The van der Waals surface area contributed by atoms with Crippen LogP contribution >= 0.6 is 0 Å². The van der Waals surface area contributed by atoms with Crippen LogP contribution in [-0.2, 0) is 10.0 Å². The van der Waals surface area contributed by atoms with E-state index in [1.807, 2.05) is 6.07 Å². The van der Waals surface area contributed by atoms with Crippen molar-refractivity contribution in [2.24, 2.45) is 0 Å². The van der Waals surface area contributed by atoms with Crippen molar-refractivity contribution in [3.05, 3.63) is 29.8 Å². The number of sulfonamides is 1. The fourth-order valence-electron chi connectivity index (χ4n) is 0.963. The van der Waals surface area contributed by atoms with Crippen molar-refractivity contribution in [1.82, 2.24) is 0 Å². The Bertz CT molecular complexity index is 474. The van der Waals surface area contributed by atoms with Crippen LogP contribution in [0.5, 0.6) is 0 Å². The molecule has 0 heterocycles. The molecule has 0 unspecified atom stereocenters. The maximum absolute atomic E-state index is 11.2. The molecule has 0 radical (unpaired) electrons. The maximum Gasteiger partial charge on any atom is 0.231 e. The Balaban J connectivity index is 3.16. The van der Waals surface area contributed by atoms with Crippen molar-refractivity contribution in [1.29, 1.82) is 5.26 Å². The number of benzene rings is 1. The Morgan fingerprint density at radius 3 is 2.57 bits per heavy atom. The van der Waals surface area contributed by atoms with Crippen molar-refractivity contribution in [3.63, 3.8) is 0 Å². The van der Waals surface area contributed by atoms with E-state index in [-0.39, 0.29) is 0 Å². The van der Waals surface area contributed by atoms with E-state index in [4.69, 9.17) is 5.26 Å². The molecule has 4 nitrogen and oxygen atoms in total. The van der Waals surface area contributed by atoms with Gasteiger partial charge in [0.2, 0.25) is 10.0 Å². The molecule has 0 spiro atoms. The minimum Gasteiger partial charge on any atom is -0.273 e. The molecule has 1 rings (SSSR count). The van der Waals surface area contributed by atoms with Gasteiger partial charge in [-0.15, -0.1) is 0 Å². The van der Waals surface area contributed by atoms with E-state index in [9.17, 15) is 8.42 Å². The van der Waals surface area contributed by atoms with Crippen LogP contribution in [0.15, 0.2) is 24.3 Å². The molecule has 0 aliphatic rings. The van der Waals surface area contributed by atoms with Gasteiger partial charge in [0.05, 0.1) is 23.6 Å². The molecule has 0 aliphatic heterocycles. The Morgan fingerprint density at radius 2 is 2.07 bits per heavy atom. The van der Waals surface area contributed by atoms with Gasteiger partial charge in [-0.2, -0.15) is 5.26 Å². The number of nitrogens with zero attached hydrogens (tertiary/aromatic N) is 2. The first-order valence-electron chi connectivity index (χ1n) is 3.89. The highest BCUT2D eigenvalue weighted by Gasteiger charge is 2.11. The third-order valence-electron chi connectivity index (χ3n) is 1.84. The lowest BCUT2D eigenvalue weighted by Gasteiger charge is -2.16. The van der Waals surface area contributed by atoms with Crippen LogP contribution in [0.3, 0.4) is 0 Å². The minimum atomic E-state index is -3.26. The van der Waals surface area contributed by atoms with Crippen LogP contribution in [0.25, 0.3) is 0 Å². The quantitative estimate of drug-likeness (QED) is 0.730. The van der Waals surface area contributed by atoms with Gasteiger partial charge in [-0.1, -0.05) is 6.07 Å². The molecule has 0 aromatic heterocycles. The Morgan fingerprint density at radius 1 is 1.43 bits per heavy atom. The Kier molecular flexibility index (Phi) is 2.77. The molecule has 0 aliphatic carbocycles. The van der Waals surface area contributed by atoms with Crippen LogP contribution < -0.4 is 4.31 Å². The average molecular weight is 210 g/mol. The Hall–Kier alpha value is -1.54. The zero-order chi connectivity index (χ0) is 10.8. The molecule has 1 aromatic carbocycles. The van der Waals surface area contributed by atoms with Crippen LogP contribution in [0.1, 0.15) is 5.56 Å². The zero-order valence-corrected chi connectivity index (χ0v) is 8.75. The molecule has 0 bridgehead atoms. The minimum absolute atomic E-state index is 0.443. The third kappa shape index (κ3) is 2.24. The average Bonchev–Trinajstić information content (AvgIpc) is 2.15. The number of hydrogen-bond donors (Lipinski definition) is 0. The van der Waals surface area contributed by atoms with Gasteiger partial charge in [0.1, 0.15) is 0 Å². The summed E-state index contributed by atoms with van der Waals surface area (Å²) in [6, 6.07) is 8.39. The predicted molar refractivity (Wildman–Crippen MR) is 54.4 cm³/mol. The second kappa shape index (κ2) is 3.68. The van der Waals surface area contributed by atoms with Crippen molar-refractivity contribution in [3.8, 4) is 6.07 Å². The molecular weight excluding hydrogens is 200 g/mol. The summed E-state index contributed by atoms with van der Waals surface area (Å²) in [4.78, 5) is 0. The monoisotopic (exact) mass is 210 g/mol. The maximum atomic E-state index is 11.2. The van der Waals surface area contributed by atoms with E-state index in [1.165, 1.54) is 13.1 Å². The Labute approximate surface area is 83.4 Å². The van der Waals surface area contributed by atoms with E-state index in [2.05, 4.69) is 0 Å². The predicted octanol–water partition coefficient (Wildman–Crippen LogP) is 0.954. The summed E-state index contributed by atoms with van der Waals surface area (Å²) in [5.41, 5.74) is 0.935. The molecule has 0 N–H and O–H groups in total. The zero-order valence-electron chi connectivity index (χ0n) is 7.93. The normalized spacial score (nSPS) is 10.6. The van der Waals surface area contributed by atoms with Gasteiger partial charge in [0.15, 0.2) is 0 Å². The number of anilines is 1. The van der Waals surface area contributed by atoms with E-state index >= 15 is 0 Å². The van der Waals surface area contributed by atoms with Gasteiger partial charge in [-0.3, -0.25) is 4.31 Å². The first-order valence-corrected chi connectivity index (χ1v) is 5.74. The summed E-state index contributed by atoms with van der Waals surface area (Å²) in [7, 11) is -1.81. The summed E-state index contributed by atoms with van der Waals surface area (Å²) in [6.45, 7) is 0. The van der Waals surface area contributed by atoms with Gasteiger partial charge >= 0.3 is 0 Å². The standard InChI is InChI=1S/C9H10N2O2S/c1-11(14(2,12)13)9-5-3-4-8(6-9)7-10/h3-6H,1-2H3. The van der Waals surface area contributed by atoms with Gasteiger partial charge in [0.25, 0.3) is 0 Å². The van der Waals surface area contributed by atoms with Crippen molar-refractivity contribution in [2.75, 3.05) is 17.6 Å².